The number of nitrogens with zero attached hydrogens (tertiary/aromatic N) is 3. The Labute approximate surface area is 184 Å². The van der Waals surface area contributed by atoms with E-state index in [-0.39, 0.29) is 11.6 Å². The SMILES string of the molecule is COCCn1c(N2CCC(NC(=O)c3cccc(C(F)(F)F)c3)CC2)nc2ccccc21. The third-order valence-corrected chi connectivity index (χ3v) is 5.72. The van der Waals surface area contributed by atoms with E-state index in [1.807, 2.05) is 24.3 Å². The second-order valence-electron chi connectivity index (χ2n) is 7.86. The van der Waals surface area contributed by atoms with Crippen LogP contribution in [0.4, 0.5) is 19.1 Å². The van der Waals surface area contributed by atoms with Crippen LogP contribution in [-0.2, 0) is 17.5 Å². The molecule has 6 nitrogen and oxygen atoms in total. The van der Waals surface area contributed by atoms with E-state index in [4.69, 9.17) is 9.72 Å². The highest BCUT2D eigenvalue weighted by Crippen LogP contribution is 2.30. The van der Waals surface area contributed by atoms with Crippen LogP contribution in [0.1, 0.15) is 28.8 Å². The number of amides is 1. The molecule has 32 heavy (non-hydrogen) atoms. The predicted molar refractivity (Wildman–Crippen MR) is 116 cm³/mol. The number of carbonyl (C=O) groups is 1. The number of anilines is 1. The minimum absolute atomic E-state index is 0.0172. The van der Waals surface area contributed by atoms with Crippen LogP contribution < -0.4 is 10.2 Å². The Morgan fingerprint density at radius 2 is 1.91 bits per heavy atom. The van der Waals surface area contributed by atoms with Gasteiger partial charge in [0.05, 0.1) is 23.2 Å². The van der Waals surface area contributed by atoms with Gasteiger partial charge in [0.25, 0.3) is 5.91 Å². The Morgan fingerprint density at radius 1 is 1.16 bits per heavy atom. The number of benzene rings is 2. The molecule has 0 spiro atoms. The van der Waals surface area contributed by atoms with Crippen molar-refractivity contribution >= 4 is 22.9 Å². The van der Waals surface area contributed by atoms with Crippen molar-refractivity contribution in [3.8, 4) is 0 Å². The average Bonchev–Trinajstić information content (AvgIpc) is 3.16. The maximum absolute atomic E-state index is 12.9. The molecule has 170 valence electrons. The molecule has 3 aromatic rings. The molecular formula is C23H25F3N4O2. The van der Waals surface area contributed by atoms with Crippen LogP contribution in [0.15, 0.2) is 48.5 Å². The molecular weight excluding hydrogens is 421 g/mol. The molecule has 0 unspecified atom stereocenters. The van der Waals surface area contributed by atoms with Gasteiger partial charge in [-0.05, 0) is 43.2 Å². The van der Waals surface area contributed by atoms with E-state index in [1.54, 1.807) is 7.11 Å². The van der Waals surface area contributed by atoms with Gasteiger partial charge in [-0.3, -0.25) is 4.79 Å². The largest absolute Gasteiger partial charge is 0.416 e. The fourth-order valence-corrected chi connectivity index (χ4v) is 4.04. The van der Waals surface area contributed by atoms with Crippen molar-refractivity contribution in [1.82, 2.24) is 14.9 Å². The van der Waals surface area contributed by atoms with Crippen molar-refractivity contribution < 1.29 is 22.7 Å². The molecule has 0 bridgehead atoms. The van der Waals surface area contributed by atoms with Gasteiger partial charge >= 0.3 is 6.18 Å². The normalized spacial score (nSPS) is 15.3. The van der Waals surface area contributed by atoms with Crippen LogP contribution in [0.3, 0.4) is 0 Å². The summed E-state index contributed by atoms with van der Waals surface area (Å²) in [7, 11) is 1.66. The van der Waals surface area contributed by atoms with Gasteiger partial charge in [-0.1, -0.05) is 18.2 Å². The van der Waals surface area contributed by atoms with Crippen molar-refractivity contribution in [1.29, 1.82) is 0 Å². The van der Waals surface area contributed by atoms with E-state index in [0.717, 1.165) is 29.1 Å². The zero-order valence-electron chi connectivity index (χ0n) is 17.7. The van der Waals surface area contributed by atoms with E-state index in [2.05, 4.69) is 14.8 Å². The number of ether oxygens (including phenoxy) is 1. The number of hydrogen-bond acceptors (Lipinski definition) is 4. The third-order valence-electron chi connectivity index (χ3n) is 5.72. The van der Waals surface area contributed by atoms with Crippen molar-refractivity contribution in [2.75, 3.05) is 31.7 Å². The number of nitrogens with one attached hydrogen (secondary N) is 1. The van der Waals surface area contributed by atoms with Gasteiger partial charge in [0.1, 0.15) is 0 Å². The fraction of sp³-hybridized carbons (Fsp3) is 0.391. The van der Waals surface area contributed by atoms with Crippen LogP contribution in [0.25, 0.3) is 11.0 Å². The summed E-state index contributed by atoms with van der Waals surface area (Å²) >= 11 is 0. The first kappa shape index (κ1) is 22.1. The van der Waals surface area contributed by atoms with Gasteiger partial charge in [-0.25, -0.2) is 4.98 Å². The summed E-state index contributed by atoms with van der Waals surface area (Å²) in [5, 5.41) is 2.88. The summed E-state index contributed by atoms with van der Waals surface area (Å²) in [5.41, 5.74) is 1.15. The molecule has 0 aliphatic carbocycles. The Balaban J connectivity index is 1.42. The monoisotopic (exact) mass is 446 g/mol. The van der Waals surface area contributed by atoms with Crippen LogP contribution in [-0.4, -0.2) is 48.3 Å². The number of alkyl halides is 3. The second-order valence-corrected chi connectivity index (χ2v) is 7.86. The first-order valence-electron chi connectivity index (χ1n) is 10.5. The van der Waals surface area contributed by atoms with Gasteiger partial charge in [-0.2, -0.15) is 13.2 Å². The highest BCUT2D eigenvalue weighted by Gasteiger charge is 2.31. The Morgan fingerprint density at radius 3 is 2.62 bits per heavy atom. The molecule has 0 atom stereocenters. The minimum atomic E-state index is -4.48. The lowest BCUT2D eigenvalue weighted by molar-refractivity contribution is -0.137. The van der Waals surface area contributed by atoms with Crippen molar-refractivity contribution in [2.24, 2.45) is 0 Å². The van der Waals surface area contributed by atoms with Gasteiger partial charge in [-0.15, -0.1) is 0 Å². The van der Waals surface area contributed by atoms with Crippen molar-refractivity contribution in [3.63, 3.8) is 0 Å². The molecule has 1 aromatic heterocycles. The standard InChI is InChI=1S/C23H25F3N4O2/c1-32-14-13-30-20-8-3-2-7-19(20)28-22(30)29-11-9-18(10-12-29)27-21(31)16-5-4-6-17(15-16)23(24,25)26/h2-8,15,18H,9-14H2,1H3,(H,27,31). The number of fused-ring (bicyclic) bond motifs is 1. The van der Waals surface area contributed by atoms with Crippen LogP contribution in [0.2, 0.25) is 0 Å². The fourth-order valence-electron chi connectivity index (χ4n) is 4.04. The molecule has 4 rings (SSSR count). The van der Waals surface area contributed by atoms with E-state index >= 15 is 0 Å². The number of carbonyl (C=O) groups excluding carboxylic acids is 1. The Bertz CT molecular complexity index is 1090. The van der Waals surface area contributed by atoms with Crippen LogP contribution >= 0.6 is 0 Å². The first-order chi connectivity index (χ1) is 15.4. The van der Waals surface area contributed by atoms with Gasteiger partial charge in [0.2, 0.25) is 5.95 Å². The number of piperidine rings is 1. The van der Waals surface area contributed by atoms with Crippen molar-refractivity contribution in [3.05, 3.63) is 59.7 Å². The number of hydrogen-bond donors (Lipinski definition) is 1. The lowest BCUT2D eigenvalue weighted by Gasteiger charge is -2.33. The summed E-state index contributed by atoms with van der Waals surface area (Å²) in [6.45, 7) is 2.61. The Hall–Kier alpha value is -3.07. The molecule has 1 aliphatic heterocycles. The zero-order chi connectivity index (χ0) is 22.7. The topological polar surface area (TPSA) is 59.4 Å². The first-order valence-corrected chi connectivity index (χ1v) is 10.5. The molecule has 0 radical (unpaired) electrons. The number of aromatic nitrogens is 2. The lowest BCUT2D eigenvalue weighted by atomic mass is 10.0. The highest BCUT2D eigenvalue weighted by molar-refractivity contribution is 5.94. The molecule has 9 heteroatoms. The maximum Gasteiger partial charge on any atom is 0.416 e. The van der Waals surface area contributed by atoms with E-state index in [0.29, 0.717) is 39.1 Å². The van der Waals surface area contributed by atoms with Crippen molar-refractivity contribution in [2.45, 2.75) is 31.6 Å². The quantitative estimate of drug-likeness (QED) is 0.620. The zero-order valence-corrected chi connectivity index (χ0v) is 17.7. The van der Waals surface area contributed by atoms with Gasteiger partial charge in [0.15, 0.2) is 0 Å². The molecule has 1 amide bonds. The average molecular weight is 446 g/mol. The summed E-state index contributed by atoms with van der Waals surface area (Å²) < 4.78 is 46.2. The molecule has 2 aromatic carbocycles. The summed E-state index contributed by atoms with van der Waals surface area (Å²) in [6, 6.07) is 12.3. The smallest absolute Gasteiger partial charge is 0.383 e. The Kier molecular flexibility index (Phi) is 6.36. The molecule has 0 saturated carbocycles. The summed E-state index contributed by atoms with van der Waals surface area (Å²) in [6.07, 6.45) is -3.12. The minimum Gasteiger partial charge on any atom is -0.383 e. The molecule has 1 aliphatic rings. The third kappa shape index (κ3) is 4.72. The van der Waals surface area contributed by atoms with E-state index < -0.39 is 17.6 Å². The van der Waals surface area contributed by atoms with E-state index in [1.165, 1.54) is 12.1 Å². The number of para-hydroxylation sites is 2. The van der Waals surface area contributed by atoms with Gasteiger partial charge < -0.3 is 19.5 Å². The van der Waals surface area contributed by atoms with Gasteiger partial charge in [0, 0.05) is 38.3 Å². The van der Waals surface area contributed by atoms with Crippen LogP contribution in [0.5, 0.6) is 0 Å². The number of imidazole rings is 1. The van der Waals surface area contributed by atoms with Crippen LogP contribution in [0, 0.1) is 0 Å². The molecule has 1 saturated heterocycles. The summed E-state index contributed by atoms with van der Waals surface area (Å²) in [4.78, 5) is 19.5. The lowest BCUT2D eigenvalue weighted by Crippen LogP contribution is -2.45. The molecule has 2 heterocycles. The summed E-state index contributed by atoms with van der Waals surface area (Å²) in [5.74, 6) is 0.382. The predicted octanol–water partition coefficient (Wildman–Crippen LogP) is 4.10. The number of methoxy groups -OCH3 is 1. The number of halogens is 3. The molecule has 1 fully saturated rings. The second kappa shape index (κ2) is 9.20. The molecule has 1 N–H and O–H groups in total. The van der Waals surface area contributed by atoms with E-state index in [9.17, 15) is 18.0 Å². The number of rotatable bonds is 6. The maximum atomic E-state index is 12.9. The highest BCUT2D eigenvalue weighted by atomic mass is 19.4.